The van der Waals surface area contributed by atoms with Gasteiger partial charge in [0.05, 0.1) is 5.56 Å². The third-order valence-corrected chi connectivity index (χ3v) is 5.40. The van der Waals surface area contributed by atoms with Crippen molar-refractivity contribution < 1.29 is 4.57 Å². The van der Waals surface area contributed by atoms with Gasteiger partial charge in [0.25, 0.3) is 0 Å². The minimum absolute atomic E-state index is 1.30. The van der Waals surface area contributed by atoms with E-state index in [2.05, 4.69) is 92.3 Å². The molecular weight excluding hydrogens is 302 g/mol. The predicted molar refractivity (Wildman–Crippen MR) is 104 cm³/mol. The van der Waals surface area contributed by atoms with Gasteiger partial charge in [-0.25, -0.2) is 0 Å². The smallest absolute Gasteiger partial charge is 0.200 e. The Bertz CT molecular complexity index is 1170. The Morgan fingerprint density at radius 2 is 1.48 bits per heavy atom. The zero-order valence-electron chi connectivity index (χ0n) is 14.8. The first-order valence-electron chi connectivity index (χ1n) is 8.78. The maximum Gasteiger partial charge on any atom is 0.221 e. The van der Waals surface area contributed by atoms with Crippen LogP contribution in [-0.2, 0) is 7.05 Å². The van der Waals surface area contributed by atoms with Gasteiger partial charge in [-0.1, -0.05) is 54.1 Å². The van der Waals surface area contributed by atoms with E-state index >= 15 is 0 Å². The van der Waals surface area contributed by atoms with E-state index in [1.807, 2.05) is 0 Å². The molecule has 1 heteroatoms. The van der Waals surface area contributed by atoms with Crippen molar-refractivity contribution >= 4 is 10.8 Å². The van der Waals surface area contributed by atoms with Crippen molar-refractivity contribution in [2.24, 2.45) is 7.05 Å². The maximum absolute atomic E-state index is 2.32. The second kappa shape index (κ2) is 5.03. The van der Waals surface area contributed by atoms with E-state index in [4.69, 9.17) is 0 Å². The third-order valence-electron chi connectivity index (χ3n) is 5.40. The van der Waals surface area contributed by atoms with Crippen LogP contribution in [0.25, 0.3) is 44.3 Å². The van der Waals surface area contributed by atoms with Crippen molar-refractivity contribution in [3.8, 4) is 33.5 Å². The molecule has 0 radical (unpaired) electrons. The first-order chi connectivity index (χ1) is 12.1. The average molecular weight is 322 g/mol. The average Bonchev–Trinajstić information content (AvgIpc) is 2.94. The van der Waals surface area contributed by atoms with E-state index < -0.39 is 0 Å². The van der Waals surface area contributed by atoms with Gasteiger partial charge in [-0.3, -0.25) is 0 Å². The molecule has 1 aromatic heterocycles. The van der Waals surface area contributed by atoms with Crippen molar-refractivity contribution in [3.63, 3.8) is 0 Å². The van der Waals surface area contributed by atoms with Gasteiger partial charge in [0.2, 0.25) is 5.69 Å². The molecule has 0 spiro atoms. The number of aryl methyl sites for hydroxylation is 3. The Kier molecular flexibility index (Phi) is 2.90. The van der Waals surface area contributed by atoms with Crippen LogP contribution in [0.15, 0.2) is 66.9 Å². The molecule has 0 N–H and O–H groups in total. The molecule has 0 saturated carbocycles. The van der Waals surface area contributed by atoms with Gasteiger partial charge in [0.15, 0.2) is 6.20 Å². The fourth-order valence-electron chi connectivity index (χ4n) is 4.26. The van der Waals surface area contributed by atoms with Gasteiger partial charge in [-0.15, -0.1) is 0 Å². The molecule has 25 heavy (non-hydrogen) atoms. The molecule has 0 fully saturated rings. The molecule has 5 rings (SSSR count). The highest BCUT2D eigenvalue weighted by Crippen LogP contribution is 2.49. The minimum Gasteiger partial charge on any atom is -0.200 e. The van der Waals surface area contributed by atoms with Crippen LogP contribution in [0.3, 0.4) is 0 Å². The summed E-state index contributed by atoms with van der Waals surface area (Å²) in [5.41, 5.74) is 10.7. The van der Waals surface area contributed by atoms with E-state index in [0.717, 1.165) is 0 Å². The van der Waals surface area contributed by atoms with E-state index in [0.29, 0.717) is 0 Å². The predicted octanol–water partition coefficient (Wildman–Crippen LogP) is 5.60. The Morgan fingerprint density at radius 1 is 0.720 bits per heavy atom. The standard InChI is InChI=1S/C24H20N/c1-15-11-12-16(2)21(13-15)24-23-20-9-5-4-8-18(20)19-10-6-7-17(22(19)23)14-25(24)3/h4-14H,1-3H3/q+1. The van der Waals surface area contributed by atoms with E-state index in [1.54, 1.807) is 0 Å². The van der Waals surface area contributed by atoms with Crippen molar-refractivity contribution in [1.82, 2.24) is 0 Å². The summed E-state index contributed by atoms with van der Waals surface area (Å²) in [6.45, 7) is 4.38. The Morgan fingerprint density at radius 3 is 2.32 bits per heavy atom. The lowest BCUT2D eigenvalue weighted by molar-refractivity contribution is -0.658. The highest BCUT2D eigenvalue weighted by atomic mass is 14.9. The van der Waals surface area contributed by atoms with Gasteiger partial charge in [-0.05, 0) is 48.2 Å². The van der Waals surface area contributed by atoms with Crippen molar-refractivity contribution in [3.05, 3.63) is 78.0 Å². The molecule has 0 aliphatic heterocycles. The first kappa shape index (κ1) is 14.4. The van der Waals surface area contributed by atoms with Gasteiger partial charge in [0, 0.05) is 16.3 Å². The quantitative estimate of drug-likeness (QED) is 0.354. The summed E-state index contributed by atoms with van der Waals surface area (Å²) in [5, 5.41) is 2.69. The molecule has 4 aromatic rings. The number of aromatic nitrogens is 1. The zero-order valence-corrected chi connectivity index (χ0v) is 14.8. The van der Waals surface area contributed by atoms with E-state index in [1.165, 1.54) is 55.4 Å². The van der Waals surface area contributed by atoms with Crippen LogP contribution < -0.4 is 4.57 Å². The molecule has 1 nitrogen and oxygen atoms in total. The van der Waals surface area contributed by atoms with E-state index in [-0.39, 0.29) is 0 Å². The molecule has 3 aromatic carbocycles. The number of hydrogen-bond donors (Lipinski definition) is 0. The molecule has 0 unspecified atom stereocenters. The lowest BCUT2D eigenvalue weighted by Crippen LogP contribution is -2.31. The molecule has 120 valence electrons. The SMILES string of the molecule is Cc1ccc(C)c(-c2c3c4c(cccc4c[n+]2C)-c2ccccc2-3)c1. The van der Waals surface area contributed by atoms with Gasteiger partial charge >= 0.3 is 0 Å². The molecule has 1 heterocycles. The molecule has 0 saturated heterocycles. The first-order valence-corrected chi connectivity index (χ1v) is 8.78. The molecule has 0 amide bonds. The lowest BCUT2D eigenvalue weighted by Gasteiger charge is -2.11. The van der Waals surface area contributed by atoms with Crippen molar-refractivity contribution in [2.45, 2.75) is 13.8 Å². The summed E-state index contributed by atoms with van der Waals surface area (Å²) < 4.78 is 2.30. The van der Waals surface area contributed by atoms with Crippen LogP contribution >= 0.6 is 0 Å². The van der Waals surface area contributed by atoms with Crippen molar-refractivity contribution in [1.29, 1.82) is 0 Å². The van der Waals surface area contributed by atoms with Gasteiger partial charge in [0.1, 0.15) is 7.05 Å². The van der Waals surface area contributed by atoms with Gasteiger partial charge < -0.3 is 0 Å². The van der Waals surface area contributed by atoms with Crippen LogP contribution in [0.5, 0.6) is 0 Å². The largest absolute Gasteiger partial charge is 0.221 e. The number of hydrogen-bond acceptors (Lipinski definition) is 0. The van der Waals surface area contributed by atoms with Gasteiger partial charge in [-0.2, -0.15) is 4.57 Å². The highest BCUT2D eigenvalue weighted by molar-refractivity contribution is 6.17. The van der Waals surface area contributed by atoms with Crippen LogP contribution in [0.1, 0.15) is 11.1 Å². The third kappa shape index (κ3) is 1.93. The second-order valence-electron chi connectivity index (χ2n) is 7.10. The fourth-order valence-corrected chi connectivity index (χ4v) is 4.26. The number of nitrogens with zero attached hydrogens (tertiary/aromatic N) is 1. The molecule has 0 bridgehead atoms. The second-order valence-corrected chi connectivity index (χ2v) is 7.10. The molecule has 1 aliphatic rings. The number of benzene rings is 3. The highest BCUT2D eigenvalue weighted by Gasteiger charge is 2.30. The zero-order chi connectivity index (χ0) is 17.1. The number of rotatable bonds is 1. The minimum atomic E-state index is 1.30. The summed E-state index contributed by atoms with van der Waals surface area (Å²) in [6.07, 6.45) is 2.27. The summed E-state index contributed by atoms with van der Waals surface area (Å²) in [5.74, 6) is 0. The van der Waals surface area contributed by atoms with Crippen LogP contribution in [-0.4, -0.2) is 0 Å². The molecule has 0 atom stereocenters. The summed E-state index contributed by atoms with van der Waals surface area (Å²) in [6, 6.07) is 22.2. The summed E-state index contributed by atoms with van der Waals surface area (Å²) >= 11 is 0. The Balaban J connectivity index is 2.00. The topological polar surface area (TPSA) is 3.88 Å². The molecular formula is C24H20N+. The molecule has 1 aliphatic carbocycles. The monoisotopic (exact) mass is 322 g/mol. The maximum atomic E-state index is 2.32. The Labute approximate surface area is 148 Å². The Hall–Kier alpha value is -2.93. The number of pyridine rings is 1. The van der Waals surface area contributed by atoms with Crippen molar-refractivity contribution in [2.75, 3.05) is 0 Å². The fraction of sp³-hybridized carbons (Fsp3) is 0.125. The van der Waals surface area contributed by atoms with Crippen LogP contribution in [0.2, 0.25) is 0 Å². The summed E-state index contributed by atoms with van der Waals surface area (Å²) in [7, 11) is 2.17. The normalized spacial score (nSPS) is 11.8. The number of fused-ring (bicyclic) bond motifs is 3. The lowest BCUT2D eigenvalue weighted by atomic mass is 9.94. The summed E-state index contributed by atoms with van der Waals surface area (Å²) in [4.78, 5) is 0. The van der Waals surface area contributed by atoms with Crippen LogP contribution in [0.4, 0.5) is 0 Å². The van der Waals surface area contributed by atoms with Crippen LogP contribution in [0, 0.1) is 13.8 Å². The van der Waals surface area contributed by atoms with E-state index in [9.17, 15) is 0 Å².